The van der Waals surface area contributed by atoms with Gasteiger partial charge < -0.3 is 4.90 Å². The summed E-state index contributed by atoms with van der Waals surface area (Å²) in [5, 5.41) is 0. The Labute approximate surface area is 104 Å². The molecule has 0 saturated carbocycles. The number of carbonyl (C=O) groups is 1. The maximum atomic E-state index is 11.4. The lowest BCUT2D eigenvalue weighted by molar-refractivity contribution is -0.119. The van der Waals surface area contributed by atoms with Gasteiger partial charge in [0.25, 0.3) is 0 Å². The van der Waals surface area contributed by atoms with Gasteiger partial charge in [-0.25, -0.2) is 0 Å². The average molecular weight is 231 g/mol. The fourth-order valence-electron chi connectivity index (χ4n) is 2.52. The first-order valence-electron chi connectivity index (χ1n) is 6.52. The number of Topliss-reactive ketones (excluding diaryl/α,β-unsaturated/α-hetero) is 1. The Hall–Kier alpha value is -1.31. The number of nitrogens with zero attached hydrogens (tertiary/aromatic N) is 1. The van der Waals surface area contributed by atoms with E-state index in [0.29, 0.717) is 18.1 Å². The second-order valence-corrected chi connectivity index (χ2v) is 5.04. The van der Waals surface area contributed by atoms with Crippen LogP contribution >= 0.6 is 0 Å². The molecule has 0 radical (unpaired) electrons. The van der Waals surface area contributed by atoms with Crippen molar-refractivity contribution >= 4 is 11.5 Å². The van der Waals surface area contributed by atoms with Crippen LogP contribution in [-0.4, -0.2) is 18.9 Å². The maximum absolute atomic E-state index is 11.4. The molecule has 1 heterocycles. The molecular weight excluding hydrogens is 210 g/mol. The van der Waals surface area contributed by atoms with Gasteiger partial charge >= 0.3 is 0 Å². The van der Waals surface area contributed by atoms with Gasteiger partial charge in [0.1, 0.15) is 5.78 Å². The molecule has 0 bridgehead atoms. The first-order valence-corrected chi connectivity index (χ1v) is 6.52. The van der Waals surface area contributed by atoms with Gasteiger partial charge in [-0.15, -0.1) is 0 Å². The quantitative estimate of drug-likeness (QED) is 0.793. The fraction of sp³-hybridized carbons (Fsp3) is 0.533. The van der Waals surface area contributed by atoms with Crippen molar-refractivity contribution in [2.24, 2.45) is 5.92 Å². The largest absolute Gasteiger partial charge is 0.371 e. The third kappa shape index (κ3) is 3.09. The SMILES string of the molecule is CCC(=O)C[C@H]1CCN(c2cccc(C)c2)C1. The Morgan fingerprint density at radius 1 is 1.47 bits per heavy atom. The van der Waals surface area contributed by atoms with Crippen LogP contribution in [0.4, 0.5) is 5.69 Å². The molecule has 1 aliphatic heterocycles. The number of anilines is 1. The number of rotatable bonds is 4. The average Bonchev–Trinajstić information content (AvgIpc) is 2.77. The molecule has 0 aromatic heterocycles. The molecule has 2 nitrogen and oxygen atoms in total. The maximum Gasteiger partial charge on any atom is 0.132 e. The predicted molar refractivity (Wildman–Crippen MR) is 71.4 cm³/mol. The molecule has 1 saturated heterocycles. The highest BCUT2D eigenvalue weighted by molar-refractivity contribution is 5.78. The molecule has 2 rings (SSSR count). The molecule has 1 fully saturated rings. The van der Waals surface area contributed by atoms with Gasteiger partial charge in [0, 0.05) is 31.6 Å². The summed E-state index contributed by atoms with van der Waals surface area (Å²) >= 11 is 0. The van der Waals surface area contributed by atoms with Crippen LogP contribution in [0.15, 0.2) is 24.3 Å². The van der Waals surface area contributed by atoms with Crippen LogP contribution in [0.5, 0.6) is 0 Å². The number of hydrogen-bond donors (Lipinski definition) is 0. The van der Waals surface area contributed by atoms with Gasteiger partial charge in [0.15, 0.2) is 0 Å². The number of aryl methyl sites for hydroxylation is 1. The van der Waals surface area contributed by atoms with Crippen LogP contribution in [0.3, 0.4) is 0 Å². The Balaban J connectivity index is 1.96. The van der Waals surface area contributed by atoms with Gasteiger partial charge in [0.2, 0.25) is 0 Å². The highest BCUT2D eigenvalue weighted by Crippen LogP contribution is 2.26. The van der Waals surface area contributed by atoms with Gasteiger partial charge in [0.05, 0.1) is 0 Å². The van der Waals surface area contributed by atoms with E-state index in [1.807, 2.05) is 6.92 Å². The molecule has 2 heteroatoms. The fourth-order valence-corrected chi connectivity index (χ4v) is 2.52. The third-order valence-electron chi connectivity index (χ3n) is 3.56. The van der Waals surface area contributed by atoms with E-state index < -0.39 is 0 Å². The Morgan fingerprint density at radius 3 is 3.00 bits per heavy atom. The van der Waals surface area contributed by atoms with E-state index in [1.54, 1.807) is 0 Å². The van der Waals surface area contributed by atoms with Crippen LogP contribution in [0.1, 0.15) is 31.7 Å². The first kappa shape index (κ1) is 12.2. The van der Waals surface area contributed by atoms with Crippen molar-refractivity contribution in [3.63, 3.8) is 0 Å². The van der Waals surface area contributed by atoms with E-state index in [4.69, 9.17) is 0 Å². The highest BCUT2D eigenvalue weighted by Gasteiger charge is 2.24. The summed E-state index contributed by atoms with van der Waals surface area (Å²) in [7, 11) is 0. The van der Waals surface area contributed by atoms with E-state index in [-0.39, 0.29) is 0 Å². The third-order valence-corrected chi connectivity index (χ3v) is 3.56. The van der Waals surface area contributed by atoms with Crippen molar-refractivity contribution in [1.29, 1.82) is 0 Å². The van der Waals surface area contributed by atoms with Crippen molar-refractivity contribution in [3.8, 4) is 0 Å². The minimum Gasteiger partial charge on any atom is -0.371 e. The van der Waals surface area contributed by atoms with Crippen molar-refractivity contribution < 1.29 is 4.79 Å². The van der Waals surface area contributed by atoms with Gasteiger partial charge in [-0.3, -0.25) is 4.79 Å². The number of ketones is 1. The summed E-state index contributed by atoms with van der Waals surface area (Å²) in [6, 6.07) is 8.62. The lowest BCUT2D eigenvalue weighted by Gasteiger charge is -2.19. The molecule has 1 aromatic carbocycles. The minimum absolute atomic E-state index is 0.404. The molecule has 1 aromatic rings. The molecule has 0 N–H and O–H groups in total. The van der Waals surface area contributed by atoms with E-state index >= 15 is 0 Å². The Kier molecular flexibility index (Phi) is 3.82. The van der Waals surface area contributed by atoms with Crippen molar-refractivity contribution in [2.45, 2.75) is 33.1 Å². The lowest BCUT2D eigenvalue weighted by atomic mass is 10.0. The van der Waals surface area contributed by atoms with E-state index in [2.05, 4.69) is 36.1 Å². The van der Waals surface area contributed by atoms with Crippen molar-refractivity contribution in [3.05, 3.63) is 29.8 Å². The summed E-state index contributed by atoms with van der Waals surface area (Å²) in [5.74, 6) is 0.962. The van der Waals surface area contributed by atoms with Crippen LogP contribution in [0, 0.1) is 12.8 Å². The van der Waals surface area contributed by atoms with Gasteiger partial charge in [-0.2, -0.15) is 0 Å². The topological polar surface area (TPSA) is 20.3 Å². The standard InChI is InChI=1S/C15H21NO/c1-3-15(17)10-13-7-8-16(11-13)14-6-4-5-12(2)9-14/h4-6,9,13H,3,7-8,10-11H2,1-2H3/t13-/m1/s1. The van der Waals surface area contributed by atoms with Crippen LogP contribution in [0.2, 0.25) is 0 Å². The second-order valence-electron chi connectivity index (χ2n) is 5.04. The zero-order valence-electron chi connectivity index (χ0n) is 10.8. The van der Waals surface area contributed by atoms with Crippen LogP contribution < -0.4 is 4.90 Å². The normalized spacial score (nSPS) is 19.6. The summed E-state index contributed by atoms with van der Waals surface area (Å²) in [4.78, 5) is 13.8. The number of hydrogen-bond acceptors (Lipinski definition) is 2. The summed E-state index contributed by atoms with van der Waals surface area (Å²) in [6.07, 6.45) is 2.60. The molecule has 92 valence electrons. The van der Waals surface area contributed by atoms with Crippen molar-refractivity contribution in [1.82, 2.24) is 0 Å². The molecule has 0 aliphatic carbocycles. The van der Waals surface area contributed by atoms with Crippen molar-refractivity contribution in [2.75, 3.05) is 18.0 Å². The molecule has 0 amide bonds. The Bertz CT molecular complexity index is 400. The zero-order valence-corrected chi connectivity index (χ0v) is 10.8. The monoisotopic (exact) mass is 231 g/mol. The molecular formula is C15H21NO. The highest BCUT2D eigenvalue weighted by atomic mass is 16.1. The Morgan fingerprint density at radius 2 is 2.29 bits per heavy atom. The summed E-state index contributed by atoms with van der Waals surface area (Å²) in [5.41, 5.74) is 2.60. The first-order chi connectivity index (χ1) is 8.19. The minimum atomic E-state index is 0.404. The smallest absolute Gasteiger partial charge is 0.132 e. The second kappa shape index (κ2) is 5.35. The predicted octanol–water partition coefficient (Wildman–Crippen LogP) is 3.19. The van der Waals surface area contributed by atoms with E-state index in [1.165, 1.54) is 11.3 Å². The van der Waals surface area contributed by atoms with E-state index in [9.17, 15) is 4.79 Å². The molecule has 0 spiro atoms. The van der Waals surface area contributed by atoms with Gasteiger partial charge in [-0.1, -0.05) is 19.1 Å². The molecule has 0 unspecified atom stereocenters. The molecule has 1 aliphatic rings. The van der Waals surface area contributed by atoms with Gasteiger partial charge in [-0.05, 0) is 37.0 Å². The lowest BCUT2D eigenvalue weighted by Crippen LogP contribution is -2.20. The molecule has 1 atom stereocenters. The number of benzene rings is 1. The van der Waals surface area contributed by atoms with E-state index in [0.717, 1.165) is 25.9 Å². The van der Waals surface area contributed by atoms with Crippen LogP contribution in [0.25, 0.3) is 0 Å². The number of carbonyl (C=O) groups excluding carboxylic acids is 1. The van der Waals surface area contributed by atoms with Crippen LogP contribution in [-0.2, 0) is 4.79 Å². The summed E-state index contributed by atoms with van der Waals surface area (Å²) in [6.45, 7) is 6.20. The summed E-state index contributed by atoms with van der Waals surface area (Å²) < 4.78 is 0. The molecule has 17 heavy (non-hydrogen) atoms. The zero-order chi connectivity index (χ0) is 12.3.